The van der Waals surface area contributed by atoms with Crippen LogP contribution in [0.2, 0.25) is 0 Å². The van der Waals surface area contributed by atoms with Crippen molar-refractivity contribution < 1.29 is 26.7 Å². The molecule has 0 saturated carbocycles. The molecule has 0 aliphatic rings. The van der Waals surface area contributed by atoms with Crippen molar-refractivity contribution in [3.63, 3.8) is 0 Å². The first-order chi connectivity index (χ1) is 11.7. The summed E-state index contributed by atoms with van der Waals surface area (Å²) in [5, 5.41) is 22.2. The van der Waals surface area contributed by atoms with Gasteiger partial charge in [-0.1, -0.05) is 62.4 Å². The quantitative estimate of drug-likeness (QED) is 0.568. The Morgan fingerprint density at radius 3 is 1.40 bits per heavy atom. The van der Waals surface area contributed by atoms with Gasteiger partial charge in [0.05, 0.1) is 0 Å². The minimum absolute atomic E-state index is 0. The second-order valence-corrected chi connectivity index (χ2v) is 5.15. The zero-order valence-corrected chi connectivity index (χ0v) is 15.6. The largest absolute Gasteiger partial charge is 2.00 e. The van der Waals surface area contributed by atoms with Crippen LogP contribution in [-0.4, -0.2) is 25.5 Å². The van der Waals surface area contributed by atoms with E-state index in [9.17, 15) is 10.2 Å². The van der Waals surface area contributed by atoms with E-state index < -0.39 is 0 Å². The van der Waals surface area contributed by atoms with E-state index in [0.29, 0.717) is 11.1 Å². The second kappa shape index (κ2) is 14.2. The fourth-order valence-corrected chi connectivity index (χ4v) is 1.76. The van der Waals surface area contributed by atoms with Crippen LogP contribution in [0.15, 0.2) is 58.5 Å². The summed E-state index contributed by atoms with van der Waals surface area (Å²) in [5.41, 5.74) is 1.34. The second-order valence-electron chi connectivity index (χ2n) is 5.15. The third-order valence-corrected chi connectivity index (χ3v) is 3.00. The molecule has 0 spiro atoms. The number of para-hydroxylation sites is 2. The van der Waals surface area contributed by atoms with Crippen LogP contribution in [0.1, 0.15) is 37.8 Å². The van der Waals surface area contributed by atoms with Gasteiger partial charge in [0.2, 0.25) is 0 Å². The molecule has 0 heterocycles. The predicted molar refractivity (Wildman–Crippen MR) is 97.3 cm³/mol. The summed E-state index contributed by atoms with van der Waals surface area (Å²) in [6.45, 7) is 5.68. The molecule has 136 valence electrons. The molecular weight excluding hydrogens is 359 g/mol. The standard InChI is InChI=1S/2C10H13NO.Ni/c2*1-2-7-11-8-9-5-3-4-6-10(9)12;/h2*3-6,8,12H,2,7H2,1H3;/q;;+2/p-2. The molecule has 0 N–H and O–H groups in total. The van der Waals surface area contributed by atoms with Crippen LogP contribution in [0.3, 0.4) is 0 Å². The average Bonchev–Trinajstić information content (AvgIpc) is 2.59. The molecule has 2 aromatic rings. The summed E-state index contributed by atoms with van der Waals surface area (Å²) in [4.78, 5) is 8.19. The van der Waals surface area contributed by atoms with Crippen molar-refractivity contribution in [2.24, 2.45) is 9.98 Å². The Hall–Kier alpha value is -2.13. The zero-order chi connectivity index (χ0) is 17.6. The molecule has 0 aromatic heterocycles. The first-order valence-corrected chi connectivity index (χ1v) is 8.20. The number of benzene rings is 2. The molecule has 0 aliphatic heterocycles. The van der Waals surface area contributed by atoms with Crippen LogP contribution in [0.5, 0.6) is 11.5 Å². The van der Waals surface area contributed by atoms with Crippen LogP contribution >= 0.6 is 0 Å². The third-order valence-electron chi connectivity index (χ3n) is 3.00. The zero-order valence-electron chi connectivity index (χ0n) is 14.6. The topological polar surface area (TPSA) is 70.8 Å². The molecule has 4 nitrogen and oxygen atoms in total. The first kappa shape index (κ1) is 22.9. The summed E-state index contributed by atoms with van der Waals surface area (Å²) in [5.74, 6) is 0.0784. The monoisotopic (exact) mass is 382 g/mol. The maximum atomic E-state index is 11.1. The molecule has 0 bridgehead atoms. The Morgan fingerprint density at radius 2 is 1.08 bits per heavy atom. The van der Waals surface area contributed by atoms with Crippen molar-refractivity contribution in [3.8, 4) is 11.5 Å². The molecule has 0 atom stereocenters. The number of hydrogen-bond acceptors (Lipinski definition) is 4. The van der Waals surface area contributed by atoms with E-state index in [1.807, 2.05) is 12.1 Å². The Bertz CT molecular complexity index is 600. The van der Waals surface area contributed by atoms with Crippen molar-refractivity contribution in [1.82, 2.24) is 0 Å². The van der Waals surface area contributed by atoms with E-state index in [2.05, 4.69) is 23.8 Å². The smallest absolute Gasteiger partial charge is 0.872 e. The molecular formula is C20H24N2NiO2. The van der Waals surface area contributed by atoms with Crippen molar-refractivity contribution >= 4 is 12.4 Å². The van der Waals surface area contributed by atoms with Gasteiger partial charge in [-0.25, -0.2) is 0 Å². The fraction of sp³-hybridized carbons (Fsp3) is 0.300. The average molecular weight is 383 g/mol. The molecule has 0 aliphatic carbocycles. The van der Waals surface area contributed by atoms with Gasteiger partial charge in [-0.2, -0.15) is 0 Å². The van der Waals surface area contributed by atoms with Crippen LogP contribution in [0.4, 0.5) is 0 Å². The van der Waals surface area contributed by atoms with Crippen LogP contribution in [-0.2, 0) is 16.5 Å². The normalized spacial score (nSPS) is 10.3. The van der Waals surface area contributed by atoms with Crippen molar-refractivity contribution in [2.45, 2.75) is 26.7 Å². The molecule has 5 heteroatoms. The van der Waals surface area contributed by atoms with Gasteiger partial charge in [-0.15, -0.1) is 11.5 Å². The molecule has 2 aromatic carbocycles. The Kier molecular flexibility index (Phi) is 13.0. The summed E-state index contributed by atoms with van der Waals surface area (Å²) >= 11 is 0. The van der Waals surface area contributed by atoms with Crippen molar-refractivity contribution in [3.05, 3.63) is 59.7 Å². The number of hydrogen-bond donors (Lipinski definition) is 0. The number of nitrogens with zero attached hydrogens (tertiary/aromatic N) is 2. The van der Waals surface area contributed by atoms with E-state index in [1.54, 1.807) is 48.8 Å². The number of aliphatic imine (C=N–C) groups is 2. The molecule has 0 saturated heterocycles. The molecule has 0 radical (unpaired) electrons. The van der Waals surface area contributed by atoms with E-state index >= 15 is 0 Å². The van der Waals surface area contributed by atoms with Gasteiger partial charge in [0.25, 0.3) is 0 Å². The van der Waals surface area contributed by atoms with E-state index in [-0.39, 0.29) is 28.0 Å². The summed E-state index contributed by atoms with van der Waals surface area (Å²) < 4.78 is 0. The van der Waals surface area contributed by atoms with Gasteiger partial charge < -0.3 is 10.2 Å². The van der Waals surface area contributed by atoms with Gasteiger partial charge in [0, 0.05) is 25.5 Å². The SMILES string of the molecule is CCCN=Cc1ccccc1[O-].CCCN=Cc1ccccc1[O-].[Ni+2]. The molecule has 0 fully saturated rings. The number of rotatable bonds is 6. The van der Waals surface area contributed by atoms with Crippen molar-refractivity contribution in [2.75, 3.05) is 13.1 Å². The fourth-order valence-electron chi connectivity index (χ4n) is 1.76. The Labute approximate surface area is 160 Å². The third kappa shape index (κ3) is 9.68. The van der Waals surface area contributed by atoms with Gasteiger partial charge in [-0.05, 0) is 24.0 Å². The van der Waals surface area contributed by atoms with E-state index in [0.717, 1.165) is 25.9 Å². The van der Waals surface area contributed by atoms with Crippen molar-refractivity contribution in [1.29, 1.82) is 0 Å². The van der Waals surface area contributed by atoms with Crippen LogP contribution in [0.25, 0.3) is 0 Å². The molecule has 0 amide bonds. The van der Waals surface area contributed by atoms with E-state index in [1.165, 1.54) is 0 Å². The van der Waals surface area contributed by atoms with Crippen LogP contribution < -0.4 is 10.2 Å². The minimum Gasteiger partial charge on any atom is -0.872 e. The van der Waals surface area contributed by atoms with Gasteiger partial charge in [0.15, 0.2) is 0 Å². The molecule has 0 unspecified atom stereocenters. The predicted octanol–water partition coefficient (Wildman–Crippen LogP) is 3.18. The molecule has 2 rings (SSSR count). The Balaban J connectivity index is 0.000000443. The summed E-state index contributed by atoms with van der Waals surface area (Å²) in [7, 11) is 0. The van der Waals surface area contributed by atoms with Gasteiger partial charge in [-0.3, -0.25) is 9.98 Å². The summed E-state index contributed by atoms with van der Waals surface area (Å²) in [6, 6.07) is 13.8. The van der Waals surface area contributed by atoms with Gasteiger partial charge in [0.1, 0.15) is 0 Å². The first-order valence-electron chi connectivity index (χ1n) is 8.20. The minimum atomic E-state index is 0. The molecule has 25 heavy (non-hydrogen) atoms. The maximum absolute atomic E-state index is 11.1. The maximum Gasteiger partial charge on any atom is 2.00 e. The Morgan fingerprint density at radius 1 is 0.720 bits per heavy atom. The van der Waals surface area contributed by atoms with Gasteiger partial charge >= 0.3 is 16.5 Å². The van der Waals surface area contributed by atoms with Crippen LogP contribution in [0, 0.1) is 0 Å². The summed E-state index contributed by atoms with van der Waals surface area (Å²) in [6.07, 6.45) is 5.31. The van der Waals surface area contributed by atoms with E-state index in [4.69, 9.17) is 0 Å².